The number of benzene rings is 1. The zero-order valence-electron chi connectivity index (χ0n) is 11.2. The Bertz CT molecular complexity index is 486. The third-order valence-electron chi connectivity index (χ3n) is 2.50. The number of rotatable bonds is 7. The summed E-state index contributed by atoms with van der Waals surface area (Å²) in [5.74, 6) is -0.510. The van der Waals surface area contributed by atoms with Crippen molar-refractivity contribution in [1.82, 2.24) is 5.32 Å². The van der Waals surface area contributed by atoms with Crippen LogP contribution in [-0.2, 0) is 16.0 Å². The van der Waals surface area contributed by atoms with Gasteiger partial charge in [0.2, 0.25) is 0 Å². The molecule has 0 saturated carbocycles. The second-order valence-corrected chi connectivity index (χ2v) is 3.98. The first-order valence-corrected chi connectivity index (χ1v) is 5.96. The summed E-state index contributed by atoms with van der Waals surface area (Å²) >= 11 is 0. The van der Waals surface area contributed by atoms with E-state index in [1.807, 2.05) is 0 Å². The highest BCUT2D eigenvalue weighted by atomic mass is 16.5. The standard InChI is InChI=1S/C14H17NO5/c1-3-7-20-14(18)15-12(13(16)17)9-10-5-4-6-11(8-10)19-2/h3-6,8,12H,1,7,9H2,2H3,(H,15,18)(H,16,17)/t12-/m0/s1. The van der Waals surface area contributed by atoms with Crippen LogP contribution in [0, 0.1) is 0 Å². The number of ether oxygens (including phenoxy) is 2. The normalized spacial score (nSPS) is 11.2. The molecule has 0 unspecified atom stereocenters. The zero-order chi connectivity index (χ0) is 15.0. The molecule has 0 spiro atoms. The average Bonchev–Trinajstić information content (AvgIpc) is 2.44. The maximum atomic E-state index is 11.4. The van der Waals surface area contributed by atoms with E-state index in [1.165, 1.54) is 13.2 Å². The molecule has 0 aliphatic rings. The molecule has 0 bridgehead atoms. The van der Waals surface area contributed by atoms with Crippen molar-refractivity contribution in [2.45, 2.75) is 12.5 Å². The number of hydrogen-bond donors (Lipinski definition) is 2. The van der Waals surface area contributed by atoms with Crippen molar-refractivity contribution in [2.75, 3.05) is 13.7 Å². The molecule has 1 amide bonds. The molecule has 108 valence electrons. The van der Waals surface area contributed by atoms with Crippen LogP contribution >= 0.6 is 0 Å². The Balaban J connectivity index is 2.69. The summed E-state index contributed by atoms with van der Waals surface area (Å²) < 4.78 is 9.76. The molecule has 1 aromatic rings. The van der Waals surface area contributed by atoms with E-state index in [-0.39, 0.29) is 13.0 Å². The second-order valence-electron chi connectivity index (χ2n) is 3.98. The lowest BCUT2D eigenvalue weighted by atomic mass is 10.1. The summed E-state index contributed by atoms with van der Waals surface area (Å²) in [5.41, 5.74) is 0.737. The molecule has 20 heavy (non-hydrogen) atoms. The number of nitrogens with one attached hydrogen (secondary N) is 1. The van der Waals surface area contributed by atoms with E-state index in [0.717, 1.165) is 5.56 Å². The first-order valence-electron chi connectivity index (χ1n) is 5.96. The number of carbonyl (C=O) groups excluding carboxylic acids is 1. The van der Waals surface area contributed by atoms with Gasteiger partial charge in [-0.1, -0.05) is 24.8 Å². The highest BCUT2D eigenvalue weighted by Gasteiger charge is 2.21. The third kappa shape index (κ3) is 5.01. The number of amides is 1. The second kappa shape index (κ2) is 7.83. The monoisotopic (exact) mass is 279 g/mol. The molecule has 1 atom stereocenters. The van der Waals surface area contributed by atoms with Crippen molar-refractivity contribution >= 4 is 12.1 Å². The van der Waals surface area contributed by atoms with E-state index in [1.54, 1.807) is 24.3 Å². The fourth-order valence-corrected chi connectivity index (χ4v) is 1.55. The van der Waals surface area contributed by atoms with Crippen LogP contribution in [0.1, 0.15) is 5.56 Å². The number of carboxylic acids is 1. The van der Waals surface area contributed by atoms with E-state index >= 15 is 0 Å². The van der Waals surface area contributed by atoms with Gasteiger partial charge >= 0.3 is 12.1 Å². The summed E-state index contributed by atoms with van der Waals surface area (Å²) in [6.07, 6.45) is 0.743. The van der Waals surface area contributed by atoms with Gasteiger partial charge < -0.3 is 19.9 Å². The lowest BCUT2D eigenvalue weighted by molar-refractivity contribution is -0.139. The van der Waals surface area contributed by atoms with Gasteiger partial charge in [-0.3, -0.25) is 0 Å². The van der Waals surface area contributed by atoms with E-state index in [4.69, 9.17) is 14.6 Å². The van der Waals surface area contributed by atoms with Crippen LogP contribution in [0.4, 0.5) is 4.79 Å². The number of carbonyl (C=O) groups is 2. The molecule has 0 fully saturated rings. The molecule has 0 saturated heterocycles. The summed E-state index contributed by atoms with van der Waals surface area (Å²) in [6.45, 7) is 3.42. The first-order chi connectivity index (χ1) is 9.56. The SMILES string of the molecule is C=CCOC(=O)N[C@@H](Cc1cccc(OC)c1)C(=O)O. The molecule has 0 aliphatic heterocycles. The fraction of sp³-hybridized carbons (Fsp3) is 0.286. The van der Waals surface area contributed by atoms with Crippen LogP contribution in [0.5, 0.6) is 5.75 Å². The Morgan fingerprint density at radius 2 is 2.25 bits per heavy atom. The molecule has 6 nitrogen and oxygen atoms in total. The minimum atomic E-state index is -1.14. The van der Waals surface area contributed by atoms with Crippen LogP contribution in [0.2, 0.25) is 0 Å². The third-order valence-corrected chi connectivity index (χ3v) is 2.50. The Morgan fingerprint density at radius 3 is 2.85 bits per heavy atom. The van der Waals surface area contributed by atoms with Gasteiger partial charge in [0.15, 0.2) is 0 Å². The summed E-state index contributed by atoms with van der Waals surface area (Å²) in [6, 6.07) is 5.91. The van der Waals surface area contributed by atoms with Gasteiger partial charge in [-0.25, -0.2) is 9.59 Å². The van der Waals surface area contributed by atoms with Gasteiger partial charge in [0.25, 0.3) is 0 Å². The van der Waals surface area contributed by atoms with Crippen LogP contribution in [-0.4, -0.2) is 36.9 Å². The molecule has 2 N–H and O–H groups in total. The maximum Gasteiger partial charge on any atom is 0.408 e. The zero-order valence-corrected chi connectivity index (χ0v) is 11.2. The van der Waals surface area contributed by atoms with Gasteiger partial charge in [-0.2, -0.15) is 0 Å². The molecule has 1 rings (SSSR count). The maximum absolute atomic E-state index is 11.4. The number of hydrogen-bond acceptors (Lipinski definition) is 4. The summed E-state index contributed by atoms with van der Waals surface area (Å²) in [5, 5.41) is 11.4. The van der Waals surface area contributed by atoms with E-state index in [0.29, 0.717) is 5.75 Å². The largest absolute Gasteiger partial charge is 0.497 e. The van der Waals surface area contributed by atoms with Crippen molar-refractivity contribution in [1.29, 1.82) is 0 Å². The van der Waals surface area contributed by atoms with Crippen molar-refractivity contribution < 1.29 is 24.2 Å². The molecule has 0 aliphatic carbocycles. The lowest BCUT2D eigenvalue weighted by Gasteiger charge is -2.14. The Morgan fingerprint density at radius 1 is 1.50 bits per heavy atom. The molecule has 0 aromatic heterocycles. The van der Waals surface area contributed by atoms with Crippen molar-refractivity contribution in [3.8, 4) is 5.75 Å². The van der Waals surface area contributed by atoms with Crippen LogP contribution in [0.15, 0.2) is 36.9 Å². The highest BCUT2D eigenvalue weighted by molar-refractivity contribution is 5.80. The predicted molar refractivity (Wildman–Crippen MR) is 72.8 cm³/mol. The van der Waals surface area contributed by atoms with Gasteiger partial charge in [0.1, 0.15) is 18.4 Å². The van der Waals surface area contributed by atoms with Gasteiger partial charge in [0.05, 0.1) is 7.11 Å². The minimum Gasteiger partial charge on any atom is -0.497 e. The molecular formula is C14H17NO5. The van der Waals surface area contributed by atoms with Crippen LogP contribution in [0.3, 0.4) is 0 Å². The summed E-state index contributed by atoms with van der Waals surface area (Å²) in [7, 11) is 1.53. The average molecular weight is 279 g/mol. The van der Waals surface area contributed by atoms with E-state index in [9.17, 15) is 9.59 Å². The van der Waals surface area contributed by atoms with Crippen molar-refractivity contribution in [3.63, 3.8) is 0 Å². The number of alkyl carbamates (subject to hydrolysis) is 1. The van der Waals surface area contributed by atoms with E-state index < -0.39 is 18.1 Å². The fourth-order valence-electron chi connectivity index (χ4n) is 1.55. The quantitative estimate of drug-likeness (QED) is 0.741. The highest BCUT2D eigenvalue weighted by Crippen LogP contribution is 2.14. The molecule has 0 heterocycles. The summed E-state index contributed by atoms with van der Waals surface area (Å²) in [4.78, 5) is 22.5. The molecule has 6 heteroatoms. The Kier molecular flexibility index (Phi) is 6.09. The number of carboxylic acid groups (broad SMARTS) is 1. The Hall–Kier alpha value is -2.50. The molecule has 1 aromatic carbocycles. The van der Waals surface area contributed by atoms with E-state index in [2.05, 4.69) is 11.9 Å². The smallest absolute Gasteiger partial charge is 0.408 e. The number of aliphatic carboxylic acids is 1. The van der Waals surface area contributed by atoms with Gasteiger partial charge in [-0.15, -0.1) is 0 Å². The van der Waals surface area contributed by atoms with Crippen LogP contribution < -0.4 is 10.1 Å². The van der Waals surface area contributed by atoms with Gasteiger partial charge in [0, 0.05) is 6.42 Å². The topological polar surface area (TPSA) is 84.9 Å². The first kappa shape index (κ1) is 15.6. The Labute approximate surface area is 117 Å². The minimum absolute atomic E-state index is 0.0251. The molecular weight excluding hydrogens is 262 g/mol. The lowest BCUT2D eigenvalue weighted by Crippen LogP contribution is -2.42. The van der Waals surface area contributed by atoms with Crippen molar-refractivity contribution in [3.05, 3.63) is 42.5 Å². The predicted octanol–water partition coefficient (Wildman–Crippen LogP) is 1.60. The van der Waals surface area contributed by atoms with Gasteiger partial charge in [-0.05, 0) is 17.7 Å². The molecule has 0 radical (unpaired) electrons. The van der Waals surface area contributed by atoms with Crippen molar-refractivity contribution in [2.24, 2.45) is 0 Å². The van der Waals surface area contributed by atoms with Crippen LogP contribution in [0.25, 0.3) is 0 Å². The number of methoxy groups -OCH3 is 1.